The van der Waals surface area contributed by atoms with Crippen LogP contribution < -0.4 is 15.5 Å². The van der Waals surface area contributed by atoms with Gasteiger partial charge in [-0.2, -0.15) is 0 Å². The van der Waals surface area contributed by atoms with Crippen LogP contribution in [0.25, 0.3) is 0 Å². The first kappa shape index (κ1) is 25.6. The van der Waals surface area contributed by atoms with E-state index in [-0.39, 0.29) is 35.8 Å². The van der Waals surface area contributed by atoms with Gasteiger partial charge >= 0.3 is 0 Å². The van der Waals surface area contributed by atoms with Gasteiger partial charge in [0.05, 0.1) is 0 Å². The van der Waals surface area contributed by atoms with Gasteiger partial charge in [0.2, 0.25) is 5.91 Å². The number of carbonyl (C=O) groups is 2. The standard InChI is InChI=1S/C24H31N5O2.HI/c1-25-24(27-17-18-10-12-20(13-11-18)23(31)28(2)3)26-15-6-9-22(30)29-16-14-19-7-4-5-8-21(19)29;/h4-5,7-8,10-13H,6,9,14-17H2,1-3H3,(H2,25,26,27);1H. The molecule has 172 valence electrons. The lowest BCUT2D eigenvalue weighted by Crippen LogP contribution is -2.38. The molecule has 8 heteroatoms. The van der Waals surface area contributed by atoms with Gasteiger partial charge in [0.25, 0.3) is 5.91 Å². The average molecular weight is 549 g/mol. The van der Waals surface area contributed by atoms with Gasteiger partial charge in [0.1, 0.15) is 0 Å². The van der Waals surface area contributed by atoms with Crippen molar-refractivity contribution in [3.8, 4) is 0 Å². The number of rotatable bonds is 7. The summed E-state index contributed by atoms with van der Waals surface area (Å²) in [5.41, 5.74) is 4.02. The van der Waals surface area contributed by atoms with Crippen LogP contribution in [0.1, 0.15) is 34.3 Å². The van der Waals surface area contributed by atoms with Gasteiger partial charge in [-0.15, -0.1) is 24.0 Å². The molecular formula is C24H32IN5O2. The molecule has 32 heavy (non-hydrogen) atoms. The summed E-state index contributed by atoms with van der Waals surface area (Å²) in [6.07, 6.45) is 2.17. The van der Waals surface area contributed by atoms with Crippen LogP contribution in [0, 0.1) is 0 Å². The maximum atomic E-state index is 12.6. The summed E-state index contributed by atoms with van der Waals surface area (Å²) in [5, 5.41) is 6.52. The van der Waals surface area contributed by atoms with Crippen molar-refractivity contribution in [2.75, 3.05) is 39.1 Å². The second-order valence-corrected chi connectivity index (χ2v) is 7.78. The van der Waals surface area contributed by atoms with E-state index in [0.29, 0.717) is 31.0 Å². The van der Waals surface area contributed by atoms with E-state index in [1.54, 1.807) is 26.0 Å². The van der Waals surface area contributed by atoms with Gasteiger partial charge in [-0.3, -0.25) is 14.6 Å². The summed E-state index contributed by atoms with van der Waals surface area (Å²) >= 11 is 0. The Hall–Kier alpha value is -2.62. The molecule has 1 heterocycles. The molecule has 0 atom stereocenters. The molecule has 2 N–H and O–H groups in total. The molecule has 2 aromatic rings. The molecule has 0 spiro atoms. The van der Waals surface area contributed by atoms with Crippen molar-refractivity contribution in [1.29, 1.82) is 0 Å². The number of guanidine groups is 1. The highest BCUT2D eigenvalue weighted by molar-refractivity contribution is 14.0. The summed E-state index contributed by atoms with van der Waals surface area (Å²) in [6, 6.07) is 15.6. The zero-order chi connectivity index (χ0) is 22.2. The van der Waals surface area contributed by atoms with Gasteiger partial charge in [0.15, 0.2) is 5.96 Å². The Morgan fingerprint density at radius 1 is 1.06 bits per heavy atom. The predicted octanol–water partition coefficient (Wildman–Crippen LogP) is 3.04. The molecule has 0 saturated carbocycles. The zero-order valence-electron chi connectivity index (χ0n) is 18.9. The number of fused-ring (bicyclic) bond motifs is 1. The lowest BCUT2D eigenvalue weighted by molar-refractivity contribution is -0.118. The number of benzene rings is 2. The van der Waals surface area contributed by atoms with Gasteiger partial charge in [-0.1, -0.05) is 30.3 Å². The number of amides is 2. The van der Waals surface area contributed by atoms with Crippen LogP contribution >= 0.6 is 24.0 Å². The lowest BCUT2D eigenvalue weighted by atomic mass is 10.1. The third-order valence-corrected chi connectivity index (χ3v) is 5.34. The minimum absolute atomic E-state index is 0. The van der Waals surface area contributed by atoms with Crippen molar-refractivity contribution < 1.29 is 9.59 Å². The number of anilines is 1. The quantitative estimate of drug-likeness (QED) is 0.241. The maximum Gasteiger partial charge on any atom is 0.253 e. The van der Waals surface area contributed by atoms with Crippen molar-refractivity contribution in [2.24, 2.45) is 4.99 Å². The molecule has 2 amide bonds. The van der Waals surface area contributed by atoms with Crippen LogP contribution in [0.4, 0.5) is 5.69 Å². The predicted molar refractivity (Wildman–Crippen MR) is 140 cm³/mol. The van der Waals surface area contributed by atoms with E-state index in [1.165, 1.54) is 5.56 Å². The fraction of sp³-hybridized carbons (Fsp3) is 0.375. The van der Waals surface area contributed by atoms with Gasteiger partial charge in [-0.25, -0.2) is 0 Å². The Balaban J connectivity index is 0.00000363. The normalized spacial score (nSPS) is 12.6. The molecule has 0 aromatic heterocycles. The fourth-order valence-electron chi connectivity index (χ4n) is 3.61. The monoisotopic (exact) mass is 549 g/mol. The van der Waals surface area contributed by atoms with E-state index in [2.05, 4.69) is 21.7 Å². The topological polar surface area (TPSA) is 77.0 Å². The van der Waals surface area contributed by atoms with E-state index in [0.717, 1.165) is 30.6 Å². The molecular weight excluding hydrogens is 517 g/mol. The molecule has 7 nitrogen and oxygen atoms in total. The number of aliphatic imine (C=N–C) groups is 1. The fourth-order valence-corrected chi connectivity index (χ4v) is 3.61. The molecule has 2 aromatic carbocycles. The number of carbonyl (C=O) groups excluding carboxylic acids is 2. The Morgan fingerprint density at radius 2 is 1.78 bits per heavy atom. The highest BCUT2D eigenvalue weighted by atomic mass is 127. The van der Waals surface area contributed by atoms with Crippen LogP contribution in [0.3, 0.4) is 0 Å². The summed E-state index contributed by atoms with van der Waals surface area (Å²) in [4.78, 5) is 32.2. The highest BCUT2D eigenvalue weighted by Crippen LogP contribution is 2.27. The number of para-hydroxylation sites is 1. The van der Waals surface area contributed by atoms with Crippen molar-refractivity contribution in [1.82, 2.24) is 15.5 Å². The molecule has 0 aliphatic carbocycles. The van der Waals surface area contributed by atoms with Crippen LogP contribution in [-0.2, 0) is 17.8 Å². The molecule has 0 fully saturated rings. The molecule has 1 aliphatic rings. The summed E-state index contributed by atoms with van der Waals surface area (Å²) in [5.74, 6) is 0.846. The first-order valence-electron chi connectivity index (χ1n) is 10.6. The Bertz CT molecular complexity index is 944. The maximum absolute atomic E-state index is 12.6. The molecule has 3 rings (SSSR count). The smallest absolute Gasteiger partial charge is 0.253 e. The van der Waals surface area contributed by atoms with Crippen LogP contribution in [-0.4, -0.2) is 56.9 Å². The van der Waals surface area contributed by atoms with Crippen LogP contribution in [0.2, 0.25) is 0 Å². The molecule has 0 bridgehead atoms. The lowest BCUT2D eigenvalue weighted by Gasteiger charge is -2.17. The van der Waals surface area contributed by atoms with Crippen molar-refractivity contribution in [2.45, 2.75) is 25.8 Å². The Kier molecular flexibility index (Phi) is 9.96. The van der Waals surface area contributed by atoms with E-state index in [1.807, 2.05) is 47.4 Å². The van der Waals surface area contributed by atoms with Gasteiger partial charge in [-0.05, 0) is 42.2 Å². The number of hydrogen-bond donors (Lipinski definition) is 2. The summed E-state index contributed by atoms with van der Waals surface area (Å²) < 4.78 is 0. The van der Waals surface area contributed by atoms with Crippen molar-refractivity contribution in [3.05, 3.63) is 65.2 Å². The highest BCUT2D eigenvalue weighted by Gasteiger charge is 2.23. The van der Waals surface area contributed by atoms with E-state index in [4.69, 9.17) is 0 Å². The van der Waals surface area contributed by atoms with Gasteiger partial charge < -0.3 is 20.4 Å². The minimum atomic E-state index is -0.0102. The van der Waals surface area contributed by atoms with Crippen LogP contribution in [0.15, 0.2) is 53.5 Å². The number of hydrogen-bond acceptors (Lipinski definition) is 3. The summed E-state index contributed by atoms with van der Waals surface area (Å²) in [7, 11) is 5.20. The largest absolute Gasteiger partial charge is 0.356 e. The minimum Gasteiger partial charge on any atom is -0.356 e. The second-order valence-electron chi connectivity index (χ2n) is 7.78. The Labute approximate surface area is 207 Å². The van der Waals surface area contributed by atoms with Crippen molar-refractivity contribution in [3.63, 3.8) is 0 Å². The Morgan fingerprint density at radius 3 is 2.47 bits per heavy atom. The van der Waals surface area contributed by atoms with E-state index in [9.17, 15) is 9.59 Å². The van der Waals surface area contributed by atoms with Crippen LogP contribution in [0.5, 0.6) is 0 Å². The summed E-state index contributed by atoms with van der Waals surface area (Å²) in [6.45, 7) is 2.03. The molecule has 0 radical (unpaired) electrons. The zero-order valence-corrected chi connectivity index (χ0v) is 21.3. The molecule has 0 unspecified atom stereocenters. The number of nitrogens with zero attached hydrogens (tertiary/aromatic N) is 3. The number of halogens is 1. The van der Waals surface area contributed by atoms with E-state index >= 15 is 0 Å². The van der Waals surface area contributed by atoms with E-state index < -0.39 is 0 Å². The number of nitrogens with one attached hydrogen (secondary N) is 2. The first-order chi connectivity index (χ1) is 15.0. The molecule has 1 aliphatic heterocycles. The second kappa shape index (κ2) is 12.4. The molecule has 0 saturated heterocycles. The van der Waals surface area contributed by atoms with Crippen molar-refractivity contribution >= 4 is 47.4 Å². The third-order valence-electron chi connectivity index (χ3n) is 5.34. The van der Waals surface area contributed by atoms with Gasteiger partial charge in [0, 0.05) is 58.4 Å². The third kappa shape index (κ3) is 6.69. The SMILES string of the molecule is CN=C(NCCCC(=O)N1CCc2ccccc21)NCc1ccc(C(=O)N(C)C)cc1.I. The first-order valence-corrected chi connectivity index (χ1v) is 10.6. The average Bonchev–Trinajstić information content (AvgIpc) is 3.22.